The minimum absolute atomic E-state index is 0. The first-order chi connectivity index (χ1) is 5.77. The van der Waals surface area contributed by atoms with Gasteiger partial charge in [-0.15, -0.1) is 24.8 Å². The maximum atomic E-state index is 12.8. The fourth-order valence-corrected chi connectivity index (χ4v) is 1.39. The zero-order valence-electron chi connectivity index (χ0n) is 7.40. The normalized spacial score (nSPS) is 18.3. The van der Waals surface area contributed by atoms with Crippen LogP contribution in [0.25, 0.3) is 0 Å². The molecule has 1 aromatic carbocycles. The molecule has 2 rings (SSSR count). The first-order valence-electron chi connectivity index (χ1n) is 3.95. The van der Waals surface area contributed by atoms with Crippen molar-refractivity contribution in [2.75, 3.05) is 6.61 Å². The molecule has 80 valence electrons. The van der Waals surface area contributed by atoms with Gasteiger partial charge in [0.2, 0.25) is 0 Å². The van der Waals surface area contributed by atoms with E-state index in [1.165, 1.54) is 12.1 Å². The Balaban J connectivity index is 0.000000845. The fraction of sp³-hybridized carbons (Fsp3) is 0.333. The van der Waals surface area contributed by atoms with Crippen LogP contribution in [0.5, 0.6) is 5.75 Å². The number of ether oxygens (including phenoxy) is 1. The lowest BCUT2D eigenvalue weighted by atomic mass is 10.0. The molecule has 0 fully saturated rings. The molecule has 0 aromatic heterocycles. The third-order valence-corrected chi connectivity index (χ3v) is 2.06. The molecule has 1 atom stereocenters. The van der Waals surface area contributed by atoms with E-state index in [1.54, 1.807) is 6.07 Å². The standard InChI is InChI=1S/C9H10FNO.2ClH/c10-6-1-2-9-7(5-6)8(11)3-4-12-9;;/h1-2,5,8H,3-4,11H2;2*1H/t8-;;/m0../s1. The summed E-state index contributed by atoms with van der Waals surface area (Å²) >= 11 is 0. The molecule has 0 saturated carbocycles. The van der Waals surface area contributed by atoms with Crippen LogP contribution in [0.2, 0.25) is 0 Å². The van der Waals surface area contributed by atoms with Crippen LogP contribution in [0.3, 0.4) is 0 Å². The highest BCUT2D eigenvalue weighted by atomic mass is 35.5. The first kappa shape index (κ1) is 13.5. The van der Waals surface area contributed by atoms with Crippen LogP contribution >= 0.6 is 24.8 Å². The van der Waals surface area contributed by atoms with Gasteiger partial charge in [-0.25, -0.2) is 4.39 Å². The molecule has 0 aliphatic carbocycles. The predicted octanol–water partition coefficient (Wildman–Crippen LogP) is 2.45. The van der Waals surface area contributed by atoms with E-state index in [0.29, 0.717) is 6.61 Å². The lowest BCUT2D eigenvalue weighted by molar-refractivity contribution is 0.268. The van der Waals surface area contributed by atoms with Crippen molar-refractivity contribution in [3.05, 3.63) is 29.6 Å². The average Bonchev–Trinajstić information content (AvgIpc) is 2.07. The van der Waals surface area contributed by atoms with Crippen LogP contribution in [0.1, 0.15) is 18.0 Å². The topological polar surface area (TPSA) is 35.2 Å². The Morgan fingerprint density at radius 3 is 2.79 bits per heavy atom. The Labute approximate surface area is 94.4 Å². The summed E-state index contributed by atoms with van der Waals surface area (Å²) in [5.74, 6) is 0.463. The highest BCUT2D eigenvalue weighted by Gasteiger charge is 2.17. The molecular formula is C9H12Cl2FNO. The van der Waals surface area contributed by atoms with Crippen LogP contribution in [0.4, 0.5) is 4.39 Å². The van der Waals surface area contributed by atoms with E-state index in [0.717, 1.165) is 17.7 Å². The van der Waals surface area contributed by atoms with E-state index in [4.69, 9.17) is 10.5 Å². The second-order valence-corrected chi connectivity index (χ2v) is 2.93. The van der Waals surface area contributed by atoms with Gasteiger partial charge in [0.1, 0.15) is 11.6 Å². The Kier molecular flexibility index (Phi) is 5.19. The quantitative estimate of drug-likeness (QED) is 0.755. The summed E-state index contributed by atoms with van der Waals surface area (Å²) in [6.07, 6.45) is 0.760. The fourth-order valence-electron chi connectivity index (χ4n) is 1.39. The van der Waals surface area contributed by atoms with Crippen molar-refractivity contribution >= 4 is 24.8 Å². The van der Waals surface area contributed by atoms with Gasteiger partial charge in [0, 0.05) is 18.0 Å². The van der Waals surface area contributed by atoms with Crippen LogP contribution in [-0.2, 0) is 0 Å². The monoisotopic (exact) mass is 239 g/mol. The molecule has 14 heavy (non-hydrogen) atoms. The van der Waals surface area contributed by atoms with Gasteiger partial charge in [-0.2, -0.15) is 0 Å². The summed E-state index contributed by atoms with van der Waals surface area (Å²) in [6, 6.07) is 4.38. The van der Waals surface area contributed by atoms with E-state index < -0.39 is 0 Å². The summed E-state index contributed by atoms with van der Waals surface area (Å²) in [7, 11) is 0. The van der Waals surface area contributed by atoms with Gasteiger partial charge in [0.05, 0.1) is 6.61 Å². The molecule has 0 saturated heterocycles. The first-order valence-corrected chi connectivity index (χ1v) is 3.95. The number of nitrogens with two attached hydrogens (primary N) is 1. The summed E-state index contributed by atoms with van der Waals surface area (Å²) in [5, 5.41) is 0. The van der Waals surface area contributed by atoms with Crippen LogP contribution < -0.4 is 10.5 Å². The molecule has 2 N–H and O–H groups in total. The summed E-state index contributed by atoms with van der Waals surface area (Å²) in [6.45, 7) is 0.625. The molecular weight excluding hydrogens is 228 g/mol. The second kappa shape index (κ2) is 5.39. The van der Waals surface area contributed by atoms with E-state index >= 15 is 0 Å². The van der Waals surface area contributed by atoms with Gasteiger partial charge in [-0.05, 0) is 18.2 Å². The summed E-state index contributed by atoms with van der Waals surface area (Å²) in [4.78, 5) is 0. The highest BCUT2D eigenvalue weighted by Crippen LogP contribution is 2.30. The molecule has 5 heteroatoms. The predicted molar refractivity (Wildman–Crippen MR) is 57.9 cm³/mol. The number of rotatable bonds is 0. The number of hydrogen-bond donors (Lipinski definition) is 1. The number of fused-ring (bicyclic) bond motifs is 1. The van der Waals surface area contributed by atoms with Crippen LogP contribution in [-0.4, -0.2) is 6.61 Å². The van der Waals surface area contributed by atoms with E-state index in [9.17, 15) is 4.39 Å². The Hall–Kier alpha value is -0.510. The van der Waals surface area contributed by atoms with Gasteiger partial charge >= 0.3 is 0 Å². The maximum Gasteiger partial charge on any atom is 0.124 e. The number of hydrogen-bond acceptors (Lipinski definition) is 2. The number of halogens is 3. The van der Waals surface area contributed by atoms with E-state index in [1.807, 2.05) is 0 Å². The maximum absolute atomic E-state index is 12.8. The molecule has 1 aromatic rings. The van der Waals surface area contributed by atoms with Crippen LogP contribution in [0, 0.1) is 5.82 Å². The largest absolute Gasteiger partial charge is 0.493 e. The minimum atomic E-state index is -0.255. The lowest BCUT2D eigenvalue weighted by Gasteiger charge is -2.22. The molecule has 0 spiro atoms. The summed E-state index contributed by atoms with van der Waals surface area (Å²) < 4.78 is 18.1. The molecule has 0 bridgehead atoms. The Morgan fingerprint density at radius 1 is 1.36 bits per heavy atom. The van der Waals surface area contributed by atoms with Crippen molar-refractivity contribution in [3.8, 4) is 5.75 Å². The zero-order chi connectivity index (χ0) is 8.55. The van der Waals surface area contributed by atoms with Crippen molar-refractivity contribution in [1.29, 1.82) is 0 Å². The van der Waals surface area contributed by atoms with E-state index in [-0.39, 0.29) is 36.7 Å². The highest BCUT2D eigenvalue weighted by molar-refractivity contribution is 5.85. The molecule has 0 amide bonds. The smallest absolute Gasteiger partial charge is 0.124 e. The van der Waals surface area contributed by atoms with Gasteiger partial charge < -0.3 is 10.5 Å². The third-order valence-electron chi connectivity index (χ3n) is 2.06. The van der Waals surface area contributed by atoms with Gasteiger partial charge in [-0.3, -0.25) is 0 Å². The van der Waals surface area contributed by atoms with Crippen molar-refractivity contribution in [1.82, 2.24) is 0 Å². The zero-order valence-corrected chi connectivity index (χ0v) is 9.04. The Morgan fingerprint density at radius 2 is 2.07 bits per heavy atom. The SMILES string of the molecule is Cl.Cl.N[C@H]1CCOc2ccc(F)cc21. The molecule has 0 unspecified atom stereocenters. The molecule has 2 nitrogen and oxygen atoms in total. The summed E-state index contributed by atoms with van der Waals surface area (Å²) in [5.41, 5.74) is 6.55. The minimum Gasteiger partial charge on any atom is -0.493 e. The molecule has 1 heterocycles. The van der Waals surface area contributed by atoms with Crippen molar-refractivity contribution in [2.24, 2.45) is 5.73 Å². The lowest BCUT2D eigenvalue weighted by Crippen LogP contribution is -2.20. The van der Waals surface area contributed by atoms with Gasteiger partial charge in [0.25, 0.3) is 0 Å². The third kappa shape index (κ3) is 2.50. The Bertz CT molecular complexity index is 309. The van der Waals surface area contributed by atoms with Gasteiger partial charge in [-0.1, -0.05) is 0 Å². The second-order valence-electron chi connectivity index (χ2n) is 2.93. The average molecular weight is 240 g/mol. The molecule has 1 aliphatic rings. The van der Waals surface area contributed by atoms with Crippen molar-refractivity contribution in [2.45, 2.75) is 12.5 Å². The molecule has 0 radical (unpaired) electrons. The van der Waals surface area contributed by atoms with Crippen molar-refractivity contribution in [3.63, 3.8) is 0 Å². The van der Waals surface area contributed by atoms with Gasteiger partial charge in [0.15, 0.2) is 0 Å². The molecule has 1 aliphatic heterocycles. The van der Waals surface area contributed by atoms with E-state index in [2.05, 4.69) is 0 Å². The van der Waals surface area contributed by atoms with Crippen molar-refractivity contribution < 1.29 is 9.13 Å². The number of benzene rings is 1. The van der Waals surface area contributed by atoms with Crippen LogP contribution in [0.15, 0.2) is 18.2 Å².